The van der Waals surface area contributed by atoms with Crippen molar-refractivity contribution in [3.05, 3.63) is 71.8 Å². The van der Waals surface area contributed by atoms with Crippen molar-refractivity contribution >= 4 is 0 Å². The molecule has 0 aliphatic rings. The molecule has 0 unspecified atom stereocenters. The Balaban J connectivity index is 1.48. The van der Waals surface area contributed by atoms with E-state index in [2.05, 4.69) is 69.3 Å². The van der Waals surface area contributed by atoms with E-state index < -0.39 is 0 Å². The van der Waals surface area contributed by atoms with Crippen LogP contribution in [0.15, 0.2) is 65.1 Å². The second-order valence-electron chi connectivity index (χ2n) is 8.53. The first-order valence-corrected chi connectivity index (χ1v) is 11.3. The average molecular weight is 453 g/mol. The Bertz CT molecular complexity index is 861. The molecule has 0 aliphatic heterocycles. The summed E-state index contributed by atoms with van der Waals surface area (Å²) in [6, 6.07) is 20.5. The minimum atomic E-state index is 0.526. The van der Waals surface area contributed by atoms with Crippen LogP contribution in [0.25, 0.3) is 22.6 Å². The molecule has 0 bridgehead atoms. The number of nitrogens with zero attached hydrogens (tertiary/aromatic N) is 2. The monoisotopic (exact) mass is 452 g/mol. The summed E-state index contributed by atoms with van der Waals surface area (Å²) < 4.78 is 6.11. The zero-order valence-corrected chi connectivity index (χ0v) is 20.1. The van der Waals surface area contributed by atoms with Crippen molar-refractivity contribution in [3.63, 3.8) is 0 Å². The molecule has 7 heteroatoms. The first kappa shape index (κ1) is 25.1. The molecule has 178 valence electrons. The third-order valence-electron chi connectivity index (χ3n) is 5.09. The summed E-state index contributed by atoms with van der Waals surface area (Å²) in [5, 5.41) is 0. The lowest BCUT2D eigenvalue weighted by Gasteiger charge is -2.10. The summed E-state index contributed by atoms with van der Waals surface area (Å²) in [6.45, 7) is 4.51. The first-order valence-electron chi connectivity index (χ1n) is 11.3. The van der Waals surface area contributed by atoms with Crippen LogP contribution in [0.5, 0.6) is 0 Å². The van der Waals surface area contributed by atoms with Crippen molar-refractivity contribution in [2.75, 3.05) is 54.4 Å². The van der Waals surface area contributed by atoms with Gasteiger partial charge in [0.15, 0.2) is 0 Å². The first-order chi connectivity index (χ1) is 16.0. The van der Waals surface area contributed by atoms with Crippen LogP contribution in [0.3, 0.4) is 0 Å². The summed E-state index contributed by atoms with van der Waals surface area (Å²) >= 11 is 0. The summed E-state index contributed by atoms with van der Waals surface area (Å²) in [4.78, 5) is 15.3. The normalized spacial score (nSPS) is 11.6. The number of likely N-dealkylation sites (N-methyl/N-ethyl adjacent to an activating group) is 2. The van der Waals surface area contributed by atoms with Crippen molar-refractivity contribution < 1.29 is 14.1 Å². The van der Waals surface area contributed by atoms with E-state index in [0.717, 1.165) is 60.0 Å². The van der Waals surface area contributed by atoms with E-state index in [1.165, 1.54) is 0 Å². The van der Waals surface area contributed by atoms with Crippen LogP contribution >= 0.6 is 0 Å². The number of hydrogen-bond acceptors (Lipinski definition) is 7. The molecular formula is C26H36N4O3. The molecule has 0 amide bonds. The van der Waals surface area contributed by atoms with E-state index >= 15 is 0 Å². The second kappa shape index (κ2) is 13.3. The van der Waals surface area contributed by atoms with E-state index in [1.807, 2.05) is 40.3 Å². The predicted octanol–water partition coefficient (Wildman–Crippen LogP) is 3.78. The number of hydroxylamine groups is 2. The molecule has 7 nitrogen and oxygen atoms in total. The molecule has 33 heavy (non-hydrogen) atoms. The summed E-state index contributed by atoms with van der Waals surface area (Å²) in [5.74, 6) is 1.69. The second-order valence-corrected chi connectivity index (χ2v) is 8.53. The van der Waals surface area contributed by atoms with Crippen molar-refractivity contribution in [1.82, 2.24) is 20.8 Å². The Morgan fingerprint density at radius 2 is 1.00 bits per heavy atom. The number of nitrogens with one attached hydrogen (secondary N) is 2. The maximum absolute atomic E-state index is 6.11. The third-order valence-corrected chi connectivity index (χ3v) is 5.09. The molecule has 0 saturated carbocycles. The predicted molar refractivity (Wildman–Crippen MR) is 132 cm³/mol. The molecule has 0 radical (unpaired) electrons. The van der Waals surface area contributed by atoms with Gasteiger partial charge in [0.25, 0.3) is 0 Å². The Morgan fingerprint density at radius 1 is 0.606 bits per heavy atom. The van der Waals surface area contributed by atoms with Crippen LogP contribution < -0.4 is 11.0 Å². The molecule has 0 fully saturated rings. The zero-order valence-electron chi connectivity index (χ0n) is 20.1. The molecule has 0 saturated heterocycles. The van der Waals surface area contributed by atoms with E-state index in [9.17, 15) is 0 Å². The van der Waals surface area contributed by atoms with Crippen molar-refractivity contribution in [2.24, 2.45) is 0 Å². The minimum Gasteiger partial charge on any atom is -0.456 e. The maximum atomic E-state index is 6.11. The standard InChI is InChI=1S/C26H36N4O3/c1-29(2)17-15-27-31-19-21-5-9-23(10-6-21)25-13-14-26(33-25)24-11-7-22(8-12-24)20-32-28-16-18-30(3)4/h5-14,27-28H,15-20H2,1-4H3. The van der Waals surface area contributed by atoms with Crippen molar-refractivity contribution in [2.45, 2.75) is 13.2 Å². The van der Waals surface area contributed by atoms with Crippen LogP contribution in [0.2, 0.25) is 0 Å². The van der Waals surface area contributed by atoms with Gasteiger partial charge in [-0.3, -0.25) is 9.68 Å². The lowest BCUT2D eigenvalue weighted by Crippen LogP contribution is -2.26. The summed E-state index contributed by atoms with van der Waals surface area (Å²) in [7, 11) is 8.16. The topological polar surface area (TPSA) is 62.1 Å². The van der Waals surface area contributed by atoms with Crippen LogP contribution in [-0.4, -0.2) is 64.2 Å². The third kappa shape index (κ3) is 8.74. The molecule has 0 atom stereocenters. The van der Waals surface area contributed by atoms with Gasteiger partial charge in [0.2, 0.25) is 0 Å². The Kier molecular flexibility index (Phi) is 10.1. The van der Waals surface area contributed by atoms with Crippen LogP contribution in [0.1, 0.15) is 11.1 Å². The smallest absolute Gasteiger partial charge is 0.134 e. The van der Waals surface area contributed by atoms with Crippen molar-refractivity contribution in [3.8, 4) is 22.6 Å². The molecule has 1 aromatic heterocycles. The van der Waals surface area contributed by atoms with Gasteiger partial charge in [0.05, 0.1) is 13.2 Å². The van der Waals surface area contributed by atoms with Gasteiger partial charge in [-0.15, -0.1) is 0 Å². The van der Waals surface area contributed by atoms with Gasteiger partial charge in [-0.05, 0) is 51.5 Å². The van der Waals surface area contributed by atoms with Gasteiger partial charge in [-0.25, -0.2) is 11.0 Å². The number of hydrogen-bond donors (Lipinski definition) is 2. The fraction of sp³-hybridized carbons (Fsp3) is 0.385. The van der Waals surface area contributed by atoms with E-state index in [1.54, 1.807) is 0 Å². The van der Waals surface area contributed by atoms with Crippen molar-refractivity contribution in [1.29, 1.82) is 0 Å². The Labute approximate surface area is 197 Å². The van der Waals surface area contributed by atoms with Crippen LogP contribution in [-0.2, 0) is 22.9 Å². The maximum Gasteiger partial charge on any atom is 0.134 e. The highest BCUT2D eigenvalue weighted by atomic mass is 16.6. The lowest BCUT2D eigenvalue weighted by molar-refractivity contribution is 0.0252. The SMILES string of the molecule is CN(C)CCNOCc1ccc(-c2ccc(-c3ccc(CONCCN(C)C)cc3)o2)cc1. The molecule has 0 spiro atoms. The minimum absolute atomic E-state index is 0.526. The Hall–Kier alpha value is -2.52. The molecule has 3 aromatic rings. The largest absolute Gasteiger partial charge is 0.456 e. The fourth-order valence-electron chi connectivity index (χ4n) is 3.13. The van der Waals surface area contributed by atoms with Gasteiger partial charge in [-0.2, -0.15) is 0 Å². The molecular weight excluding hydrogens is 416 g/mol. The van der Waals surface area contributed by atoms with E-state index in [4.69, 9.17) is 14.1 Å². The molecule has 0 aliphatic carbocycles. The highest BCUT2D eigenvalue weighted by Crippen LogP contribution is 2.29. The zero-order chi connectivity index (χ0) is 23.5. The molecule has 2 N–H and O–H groups in total. The van der Waals surface area contributed by atoms with E-state index in [0.29, 0.717) is 13.2 Å². The number of rotatable bonds is 14. The highest BCUT2D eigenvalue weighted by molar-refractivity contribution is 5.65. The fourth-order valence-corrected chi connectivity index (χ4v) is 3.13. The number of benzene rings is 2. The van der Waals surface area contributed by atoms with E-state index in [-0.39, 0.29) is 0 Å². The summed E-state index contributed by atoms with van der Waals surface area (Å²) in [6.07, 6.45) is 0. The highest BCUT2D eigenvalue weighted by Gasteiger charge is 2.07. The van der Waals surface area contributed by atoms with Crippen LogP contribution in [0, 0.1) is 0 Å². The average Bonchev–Trinajstić information content (AvgIpc) is 3.29. The molecule has 2 aromatic carbocycles. The van der Waals surface area contributed by atoms with Gasteiger partial charge >= 0.3 is 0 Å². The Morgan fingerprint density at radius 3 is 1.36 bits per heavy atom. The van der Waals surface area contributed by atoms with Gasteiger partial charge in [-0.1, -0.05) is 48.5 Å². The molecule has 1 heterocycles. The van der Waals surface area contributed by atoms with Gasteiger partial charge < -0.3 is 14.2 Å². The molecule has 3 rings (SSSR count). The van der Waals surface area contributed by atoms with Crippen LogP contribution in [0.4, 0.5) is 0 Å². The summed E-state index contributed by atoms with van der Waals surface area (Å²) in [5.41, 5.74) is 10.3. The quantitative estimate of drug-likeness (QED) is 0.285. The van der Waals surface area contributed by atoms with Gasteiger partial charge in [0.1, 0.15) is 11.5 Å². The lowest BCUT2D eigenvalue weighted by atomic mass is 10.1. The number of furan rings is 1. The van der Waals surface area contributed by atoms with Gasteiger partial charge in [0, 0.05) is 37.3 Å².